The summed E-state index contributed by atoms with van der Waals surface area (Å²) >= 11 is 2.19. The number of halogens is 1. The second kappa shape index (κ2) is 9.18. The third kappa shape index (κ3) is 5.67. The van der Waals surface area contributed by atoms with E-state index < -0.39 is 0 Å². The van der Waals surface area contributed by atoms with Crippen LogP contribution in [0.1, 0.15) is 25.3 Å². The lowest BCUT2D eigenvalue weighted by atomic mass is 10.0. The largest absolute Gasteiger partial charge is 0.496 e. The molecule has 0 saturated heterocycles. The van der Waals surface area contributed by atoms with Gasteiger partial charge in [-0.2, -0.15) is 4.98 Å². The molecular weight excluding hydrogens is 461 g/mol. The van der Waals surface area contributed by atoms with Gasteiger partial charge in [0.1, 0.15) is 11.5 Å². The first kappa shape index (κ1) is 21.2. The summed E-state index contributed by atoms with van der Waals surface area (Å²) in [7, 11) is 5.24. The Hall–Kier alpha value is -2.14. The fourth-order valence-electron chi connectivity index (χ4n) is 2.34. The number of anilines is 2. The van der Waals surface area contributed by atoms with Crippen LogP contribution in [0.3, 0.4) is 0 Å². The van der Waals surface area contributed by atoms with E-state index in [0.717, 1.165) is 14.9 Å². The van der Waals surface area contributed by atoms with Gasteiger partial charge in [-0.25, -0.2) is 4.98 Å². The molecule has 1 amide bonds. The molecule has 0 atom stereocenters. The van der Waals surface area contributed by atoms with Crippen molar-refractivity contribution in [1.82, 2.24) is 14.9 Å². The molecule has 146 valence electrons. The van der Waals surface area contributed by atoms with Crippen LogP contribution < -0.4 is 20.5 Å². The number of nitrogen functional groups attached to an aromatic ring is 1. The average molecular weight is 485 g/mol. The van der Waals surface area contributed by atoms with Gasteiger partial charge in [0.2, 0.25) is 11.9 Å². The summed E-state index contributed by atoms with van der Waals surface area (Å²) < 4.78 is 12.3. The highest BCUT2D eigenvalue weighted by molar-refractivity contribution is 14.1. The van der Waals surface area contributed by atoms with Gasteiger partial charge < -0.3 is 20.1 Å². The Morgan fingerprint density at radius 2 is 2.00 bits per heavy atom. The molecule has 0 radical (unpaired) electrons. The Morgan fingerprint density at radius 1 is 1.30 bits per heavy atom. The molecular formula is C18H24IN5O3. The van der Waals surface area contributed by atoms with Crippen LogP contribution in [0, 0.1) is 3.57 Å². The van der Waals surface area contributed by atoms with Crippen molar-refractivity contribution >= 4 is 40.3 Å². The van der Waals surface area contributed by atoms with Crippen LogP contribution in [-0.4, -0.2) is 48.5 Å². The predicted octanol–water partition coefficient (Wildman–Crippen LogP) is 3.09. The van der Waals surface area contributed by atoms with Crippen LogP contribution in [0.2, 0.25) is 0 Å². The van der Waals surface area contributed by atoms with Crippen molar-refractivity contribution in [2.75, 3.05) is 38.8 Å². The molecule has 0 fully saturated rings. The van der Waals surface area contributed by atoms with Crippen molar-refractivity contribution < 1.29 is 14.3 Å². The Labute approximate surface area is 172 Å². The molecule has 0 bridgehead atoms. The molecule has 0 aliphatic heterocycles. The number of nitrogens with zero attached hydrogens (tertiary/aromatic N) is 3. The van der Waals surface area contributed by atoms with E-state index in [1.807, 2.05) is 12.1 Å². The van der Waals surface area contributed by atoms with E-state index >= 15 is 0 Å². The second-order valence-electron chi connectivity index (χ2n) is 6.51. The summed E-state index contributed by atoms with van der Waals surface area (Å²) in [5.41, 5.74) is 6.98. The van der Waals surface area contributed by atoms with E-state index in [1.54, 1.807) is 26.1 Å². The van der Waals surface area contributed by atoms with E-state index in [-0.39, 0.29) is 30.1 Å². The molecule has 0 unspecified atom stereocenters. The quantitative estimate of drug-likeness (QED) is 0.582. The first-order chi connectivity index (χ1) is 12.7. The number of hydrogen-bond acceptors (Lipinski definition) is 7. The Bertz CT molecular complexity index is 827. The molecule has 0 aliphatic rings. The molecule has 1 aromatic carbocycles. The summed E-state index contributed by atoms with van der Waals surface area (Å²) in [5.74, 6) is 2.05. The van der Waals surface area contributed by atoms with Crippen molar-refractivity contribution in [3.63, 3.8) is 0 Å². The van der Waals surface area contributed by atoms with E-state index in [1.165, 1.54) is 6.20 Å². The number of rotatable bonds is 7. The van der Waals surface area contributed by atoms with E-state index in [9.17, 15) is 4.79 Å². The maximum atomic E-state index is 11.8. The standard InChI is InChI=1S/C18H24IN5O3/c1-10(2)11-6-14(26-5)12(19)7-13(11)27-15-8-21-18(23-17(15)20)22-16(25)9-24(3)4/h6-8,10H,9H2,1-5H3,(H3,20,21,22,23,25). The van der Waals surface area contributed by atoms with Crippen LogP contribution in [0.15, 0.2) is 18.3 Å². The smallest absolute Gasteiger partial charge is 0.240 e. The van der Waals surface area contributed by atoms with Gasteiger partial charge in [-0.15, -0.1) is 0 Å². The summed E-state index contributed by atoms with van der Waals surface area (Å²) in [4.78, 5) is 21.8. The Morgan fingerprint density at radius 3 is 2.56 bits per heavy atom. The lowest BCUT2D eigenvalue weighted by Crippen LogP contribution is -2.27. The second-order valence-corrected chi connectivity index (χ2v) is 7.67. The SMILES string of the molecule is COc1cc(C(C)C)c(Oc2cnc(NC(=O)CN(C)C)nc2N)cc1I. The Kier molecular flexibility index (Phi) is 7.19. The molecule has 2 rings (SSSR count). The molecule has 0 saturated carbocycles. The number of benzene rings is 1. The number of likely N-dealkylation sites (N-methyl/N-ethyl adjacent to an activating group) is 1. The molecule has 1 heterocycles. The zero-order valence-corrected chi connectivity index (χ0v) is 18.2. The van der Waals surface area contributed by atoms with Gasteiger partial charge in [-0.05, 0) is 54.7 Å². The first-order valence-corrected chi connectivity index (χ1v) is 9.41. The number of nitrogens with two attached hydrogens (primary N) is 1. The number of methoxy groups -OCH3 is 1. The van der Waals surface area contributed by atoms with E-state index in [2.05, 4.69) is 51.7 Å². The molecule has 27 heavy (non-hydrogen) atoms. The lowest BCUT2D eigenvalue weighted by molar-refractivity contribution is -0.116. The minimum absolute atomic E-state index is 0.139. The van der Waals surface area contributed by atoms with Crippen molar-refractivity contribution in [1.29, 1.82) is 0 Å². The Balaban J connectivity index is 2.25. The average Bonchev–Trinajstić information content (AvgIpc) is 2.56. The minimum atomic E-state index is -0.222. The molecule has 9 heteroatoms. The summed E-state index contributed by atoms with van der Waals surface area (Å²) in [5, 5.41) is 2.60. The van der Waals surface area contributed by atoms with E-state index in [0.29, 0.717) is 11.5 Å². The molecule has 3 N–H and O–H groups in total. The molecule has 0 spiro atoms. The molecule has 2 aromatic rings. The van der Waals surface area contributed by atoms with Gasteiger partial charge in [0, 0.05) is 5.56 Å². The summed E-state index contributed by atoms with van der Waals surface area (Å²) in [6, 6.07) is 3.84. The van der Waals surface area contributed by atoms with Crippen LogP contribution >= 0.6 is 22.6 Å². The maximum Gasteiger partial charge on any atom is 0.240 e. The maximum absolute atomic E-state index is 11.8. The van der Waals surface area contributed by atoms with E-state index in [4.69, 9.17) is 15.2 Å². The van der Waals surface area contributed by atoms with Crippen molar-refractivity contribution in [3.05, 3.63) is 27.5 Å². The van der Waals surface area contributed by atoms with Gasteiger partial charge in [0.15, 0.2) is 11.6 Å². The monoisotopic (exact) mass is 485 g/mol. The van der Waals surface area contributed by atoms with Crippen molar-refractivity contribution in [2.24, 2.45) is 0 Å². The molecule has 8 nitrogen and oxygen atoms in total. The number of ether oxygens (including phenoxy) is 2. The topological polar surface area (TPSA) is 103 Å². The van der Waals surface area contributed by atoms with Gasteiger partial charge in [0.05, 0.1) is 23.4 Å². The van der Waals surface area contributed by atoms with Crippen LogP contribution in [0.4, 0.5) is 11.8 Å². The van der Waals surface area contributed by atoms with Crippen molar-refractivity contribution in [2.45, 2.75) is 19.8 Å². The normalized spacial score (nSPS) is 11.0. The number of amides is 1. The van der Waals surface area contributed by atoms with Gasteiger partial charge >= 0.3 is 0 Å². The van der Waals surface area contributed by atoms with Gasteiger partial charge in [-0.1, -0.05) is 13.8 Å². The number of nitrogens with one attached hydrogen (secondary N) is 1. The zero-order chi connectivity index (χ0) is 20.1. The molecule has 0 aliphatic carbocycles. The number of hydrogen-bond donors (Lipinski definition) is 2. The third-order valence-electron chi connectivity index (χ3n) is 3.62. The van der Waals surface area contributed by atoms with Crippen LogP contribution in [0.25, 0.3) is 0 Å². The van der Waals surface area contributed by atoms with Gasteiger partial charge in [-0.3, -0.25) is 10.1 Å². The van der Waals surface area contributed by atoms with Gasteiger partial charge in [0.25, 0.3) is 0 Å². The number of aromatic nitrogens is 2. The minimum Gasteiger partial charge on any atom is -0.496 e. The highest BCUT2D eigenvalue weighted by Gasteiger charge is 2.16. The fraction of sp³-hybridized carbons (Fsp3) is 0.389. The zero-order valence-electron chi connectivity index (χ0n) is 16.0. The van der Waals surface area contributed by atoms with Crippen LogP contribution in [0.5, 0.6) is 17.2 Å². The predicted molar refractivity (Wildman–Crippen MR) is 114 cm³/mol. The first-order valence-electron chi connectivity index (χ1n) is 8.33. The van der Waals surface area contributed by atoms with Crippen molar-refractivity contribution in [3.8, 4) is 17.2 Å². The number of carbonyl (C=O) groups is 1. The number of carbonyl (C=O) groups excluding carboxylic acids is 1. The molecule has 1 aromatic heterocycles. The summed E-state index contributed by atoms with van der Waals surface area (Å²) in [6.45, 7) is 4.36. The fourth-order valence-corrected chi connectivity index (χ4v) is 3.00. The van der Waals surface area contributed by atoms with Crippen LogP contribution in [-0.2, 0) is 4.79 Å². The third-order valence-corrected chi connectivity index (χ3v) is 4.46. The summed E-state index contributed by atoms with van der Waals surface area (Å²) in [6.07, 6.45) is 1.45. The highest BCUT2D eigenvalue weighted by Crippen LogP contribution is 2.37. The lowest BCUT2D eigenvalue weighted by Gasteiger charge is -2.17. The highest BCUT2D eigenvalue weighted by atomic mass is 127.